The van der Waals surface area contributed by atoms with Crippen molar-refractivity contribution in [3.63, 3.8) is 0 Å². The largest absolute Gasteiger partial charge is 0.438 e. The topological polar surface area (TPSA) is 73.9 Å². The van der Waals surface area contributed by atoms with Gasteiger partial charge in [-0.2, -0.15) is 4.98 Å². The van der Waals surface area contributed by atoms with Crippen molar-refractivity contribution in [2.75, 3.05) is 0 Å². The first-order valence-corrected chi connectivity index (χ1v) is 9.42. The molecule has 0 radical (unpaired) electrons. The SMILES string of the molecule is Cc1ccc(C(C)(C)c2ccc(Oc3ccc(-c4nc(C)no4)nn3)cc2)cc1. The molecule has 0 atom stereocenters. The Hall–Kier alpha value is -3.54. The monoisotopic (exact) mass is 386 g/mol. The van der Waals surface area contributed by atoms with Gasteiger partial charge in [-0.25, -0.2) is 0 Å². The lowest BCUT2D eigenvalue weighted by atomic mass is 9.78. The second-order valence-corrected chi connectivity index (χ2v) is 7.52. The maximum absolute atomic E-state index is 5.82. The van der Waals surface area contributed by atoms with E-state index in [9.17, 15) is 0 Å². The molecule has 6 heteroatoms. The van der Waals surface area contributed by atoms with Gasteiger partial charge >= 0.3 is 0 Å². The molecular formula is C23H22N4O2. The number of aryl methyl sites for hydroxylation is 2. The Morgan fingerprint density at radius 3 is 2.00 bits per heavy atom. The molecule has 2 aromatic carbocycles. The summed E-state index contributed by atoms with van der Waals surface area (Å²) in [5.41, 5.74) is 4.15. The van der Waals surface area contributed by atoms with E-state index >= 15 is 0 Å². The van der Waals surface area contributed by atoms with E-state index < -0.39 is 0 Å². The molecule has 0 aliphatic rings. The van der Waals surface area contributed by atoms with Gasteiger partial charge in [-0.05, 0) is 43.2 Å². The van der Waals surface area contributed by atoms with Gasteiger partial charge in [0.1, 0.15) is 5.75 Å². The normalized spacial score (nSPS) is 11.4. The van der Waals surface area contributed by atoms with Crippen molar-refractivity contribution in [1.29, 1.82) is 0 Å². The van der Waals surface area contributed by atoms with Crippen LogP contribution in [0, 0.1) is 13.8 Å². The van der Waals surface area contributed by atoms with E-state index in [4.69, 9.17) is 9.26 Å². The summed E-state index contributed by atoms with van der Waals surface area (Å²) in [6.07, 6.45) is 0. The summed E-state index contributed by atoms with van der Waals surface area (Å²) in [6, 6.07) is 20.2. The van der Waals surface area contributed by atoms with Crippen molar-refractivity contribution >= 4 is 0 Å². The second-order valence-electron chi connectivity index (χ2n) is 7.52. The number of aromatic nitrogens is 4. The van der Waals surface area contributed by atoms with E-state index in [1.807, 2.05) is 12.1 Å². The molecule has 0 spiro atoms. The van der Waals surface area contributed by atoms with Crippen LogP contribution in [-0.2, 0) is 5.41 Å². The fraction of sp³-hybridized carbons (Fsp3) is 0.217. The summed E-state index contributed by atoms with van der Waals surface area (Å²) in [6.45, 7) is 8.29. The van der Waals surface area contributed by atoms with Crippen LogP contribution in [0.5, 0.6) is 11.6 Å². The van der Waals surface area contributed by atoms with Gasteiger partial charge in [-0.3, -0.25) is 0 Å². The van der Waals surface area contributed by atoms with Crippen molar-refractivity contribution in [3.05, 3.63) is 83.2 Å². The minimum Gasteiger partial charge on any atom is -0.438 e. The summed E-state index contributed by atoms with van der Waals surface area (Å²) >= 11 is 0. The maximum Gasteiger partial charge on any atom is 0.278 e. The molecule has 2 aromatic heterocycles. The highest BCUT2D eigenvalue weighted by atomic mass is 16.5. The molecule has 29 heavy (non-hydrogen) atoms. The van der Waals surface area contributed by atoms with Gasteiger partial charge in [0.05, 0.1) is 0 Å². The van der Waals surface area contributed by atoms with Crippen molar-refractivity contribution in [2.24, 2.45) is 0 Å². The molecule has 0 unspecified atom stereocenters. The first-order valence-electron chi connectivity index (χ1n) is 9.42. The van der Waals surface area contributed by atoms with Crippen molar-refractivity contribution in [3.8, 4) is 23.2 Å². The number of hydrogen-bond donors (Lipinski definition) is 0. The predicted octanol–water partition coefficient (Wildman–Crippen LogP) is 5.26. The van der Waals surface area contributed by atoms with Crippen LogP contribution >= 0.6 is 0 Å². The zero-order chi connectivity index (χ0) is 20.4. The lowest BCUT2D eigenvalue weighted by molar-refractivity contribution is 0.422. The summed E-state index contributed by atoms with van der Waals surface area (Å²) in [5.74, 6) is 1.99. The number of nitrogens with zero attached hydrogens (tertiary/aromatic N) is 4. The highest BCUT2D eigenvalue weighted by Gasteiger charge is 2.23. The Bertz CT molecular complexity index is 1100. The minimum absolute atomic E-state index is 0.101. The van der Waals surface area contributed by atoms with Crippen LogP contribution in [0.4, 0.5) is 0 Å². The van der Waals surface area contributed by atoms with Gasteiger partial charge in [0.2, 0.25) is 5.88 Å². The molecule has 0 saturated carbocycles. The standard InChI is InChI=1S/C23H22N4O2/c1-15-5-7-17(8-6-15)23(3,4)18-9-11-19(12-10-18)28-21-14-13-20(25-26-21)22-24-16(2)27-29-22/h5-14H,1-4H3. The Morgan fingerprint density at radius 2 is 1.45 bits per heavy atom. The van der Waals surface area contributed by atoms with Crippen LogP contribution < -0.4 is 4.74 Å². The third kappa shape index (κ3) is 4.01. The molecule has 0 saturated heterocycles. The summed E-state index contributed by atoms with van der Waals surface area (Å²) in [5, 5.41) is 11.9. The lowest BCUT2D eigenvalue weighted by Gasteiger charge is -2.26. The van der Waals surface area contributed by atoms with Crippen LogP contribution in [0.25, 0.3) is 11.6 Å². The Morgan fingerprint density at radius 1 is 0.793 bits per heavy atom. The van der Waals surface area contributed by atoms with Crippen LogP contribution in [0.1, 0.15) is 36.4 Å². The summed E-state index contributed by atoms with van der Waals surface area (Å²) in [7, 11) is 0. The molecule has 146 valence electrons. The fourth-order valence-corrected chi connectivity index (χ4v) is 3.09. The van der Waals surface area contributed by atoms with Crippen molar-refractivity contribution < 1.29 is 9.26 Å². The highest BCUT2D eigenvalue weighted by molar-refractivity contribution is 5.46. The summed E-state index contributed by atoms with van der Waals surface area (Å²) in [4.78, 5) is 4.14. The molecule has 6 nitrogen and oxygen atoms in total. The molecule has 4 aromatic rings. The van der Waals surface area contributed by atoms with E-state index in [-0.39, 0.29) is 5.41 Å². The van der Waals surface area contributed by atoms with E-state index in [1.165, 1.54) is 16.7 Å². The third-order valence-corrected chi connectivity index (χ3v) is 4.96. The molecule has 4 rings (SSSR count). The zero-order valence-electron chi connectivity index (χ0n) is 16.9. The quantitative estimate of drug-likeness (QED) is 0.466. The van der Waals surface area contributed by atoms with E-state index in [0.717, 1.165) is 0 Å². The van der Waals surface area contributed by atoms with Crippen LogP contribution in [0.15, 0.2) is 65.2 Å². The van der Waals surface area contributed by atoms with Crippen LogP contribution in [0.3, 0.4) is 0 Å². The predicted molar refractivity (Wildman–Crippen MR) is 110 cm³/mol. The molecule has 0 amide bonds. The van der Waals surface area contributed by atoms with Crippen molar-refractivity contribution in [2.45, 2.75) is 33.1 Å². The van der Waals surface area contributed by atoms with Crippen LogP contribution in [-0.4, -0.2) is 20.3 Å². The van der Waals surface area contributed by atoms with Crippen molar-refractivity contribution in [1.82, 2.24) is 20.3 Å². The van der Waals surface area contributed by atoms with Crippen LogP contribution in [0.2, 0.25) is 0 Å². The average molecular weight is 386 g/mol. The molecule has 0 aliphatic carbocycles. The van der Waals surface area contributed by atoms with Gasteiger partial charge in [0.15, 0.2) is 11.5 Å². The van der Waals surface area contributed by atoms with Gasteiger partial charge in [0.25, 0.3) is 5.89 Å². The second kappa shape index (κ2) is 7.47. The first-order chi connectivity index (χ1) is 13.9. The number of benzene rings is 2. The Kier molecular flexibility index (Phi) is 4.84. The minimum atomic E-state index is -0.101. The molecule has 0 aliphatic heterocycles. The average Bonchev–Trinajstić information content (AvgIpc) is 3.16. The van der Waals surface area contributed by atoms with Gasteiger partial charge in [-0.1, -0.05) is 61.0 Å². The maximum atomic E-state index is 5.82. The fourth-order valence-electron chi connectivity index (χ4n) is 3.09. The third-order valence-electron chi connectivity index (χ3n) is 4.96. The smallest absolute Gasteiger partial charge is 0.278 e. The summed E-state index contributed by atoms with van der Waals surface area (Å²) < 4.78 is 10.9. The Balaban J connectivity index is 1.48. The zero-order valence-corrected chi connectivity index (χ0v) is 16.9. The number of ether oxygens (including phenoxy) is 1. The molecule has 0 bridgehead atoms. The number of rotatable bonds is 5. The van der Waals surface area contributed by atoms with Gasteiger partial charge < -0.3 is 9.26 Å². The number of hydrogen-bond acceptors (Lipinski definition) is 6. The molecule has 2 heterocycles. The van der Waals surface area contributed by atoms with E-state index in [1.54, 1.807) is 19.1 Å². The molecular weight excluding hydrogens is 364 g/mol. The van der Waals surface area contributed by atoms with Gasteiger partial charge in [-0.15, -0.1) is 10.2 Å². The molecule has 0 N–H and O–H groups in total. The van der Waals surface area contributed by atoms with Gasteiger partial charge in [0, 0.05) is 11.5 Å². The highest BCUT2D eigenvalue weighted by Crippen LogP contribution is 2.33. The first kappa shape index (κ1) is 18.8. The molecule has 0 fully saturated rings. The Labute approximate surface area is 169 Å². The lowest BCUT2D eigenvalue weighted by Crippen LogP contribution is -2.18. The van der Waals surface area contributed by atoms with E-state index in [2.05, 4.69) is 77.5 Å². The van der Waals surface area contributed by atoms with E-state index in [0.29, 0.717) is 29.0 Å².